The van der Waals surface area contributed by atoms with Gasteiger partial charge in [-0.2, -0.15) is 0 Å². The van der Waals surface area contributed by atoms with Gasteiger partial charge < -0.3 is 18.9 Å². The number of ether oxygens (including phenoxy) is 4. The fourth-order valence-corrected chi connectivity index (χ4v) is 5.00. The zero-order valence-corrected chi connectivity index (χ0v) is 23.6. The summed E-state index contributed by atoms with van der Waals surface area (Å²) >= 11 is 0. The highest BCUT2D eigenvalue weighted by atomic mass is 16.5. The SMILES string of the molecule is COc1ccc(C(=C(c2ccc(OC)cc2C)c2ccc(OC)cc2C)c2ccc(OC)cc2C)c(C)c1. The lowest BCUT2D eigenvalue weighted by molar-refractivity contribution is 0.414. The molecule has 0 spiro atoms. The lowest BCUT2D eigenvalue weighted by Crippen LogP contribution is -2.04. The van der Waals surface area contributed by atoms with Crippen molar-refractivity contribution in [1.82, 2.24) is 0 Å². The second-order valence-electron chi connectivity index (χ2n) is 9.47. The summed E-state index contributed by atoms with van der Waals surface area (Å²) in [6.07, 6.45) is 0. The maximum atomic E-state index is 5.55. The van der Waals surface area contributed by atoms with Crippen LogP contribution in [0.3, 0.4) is 0 Å². The molecule has 0 radical (unpaired) electrons. The van der Waals surface area contributed by atoms with Gasteiger partial charge in [-0.1, -0.05) is 24.3 Å². The van der Waals surface area contributed by atoms with Crippen LogP contribution in [0, 0.1) is 27.7 Å². The molecule has 0 N–H and O–H groups in total. The van der Waals surface area contributed by atoms with E-state index in [9.17, 15) is 0 Å². The van der Waals surface area contributed by atoms with Crippen LogP contribution in [0.1, 0.15) is 44.5 Å². The summed E-state index contributed by atoms with van der Waals surface area (Å²) in [6.45, 7) is 8.54. The third-order valence-corrected chi connectivity index (χ3v) is 7.06. The van der Waals surface area contributed by atoms with Crippen LogP contribution in [-0.4, -0.2) is 28.4 Å². The molecule has 0 unspecified atom stereocenters. The van der Waals surface area contributed by atoms with Crippen molar-refractivity contribution in [3.8, 4) is 23.0 Å². The van der Waals surface area contributed by atoms with Crippen LogP contribution in [-0.2, 0) is 0 Å². The zero-order valence-electron chi connectivity index (χ0n) is 23.6. The Balaban J connectivity index is 2.20. The number of hydrogen-bond donors (Lipinski definition) is 0. The molecular formula is C34H36O4. The molecule has 4 aromatic carbocycles. The summed E-state index contributed by atoms with van der Waals surface area (Å²) in [7, 11) is 6.80. The van der Waals surface area contributed by atoms with E-state index in [0.717, 1.165) is 78.7 Å². The Morgan fingerprint density at radius 2 is 0.579 bits per heavy atom. The molecule has 0 fully saturated rings. The topological polar surface area (TPSA) is 36.9 Å². The molecule has 0 bridgehead atoms. The minimum absolute atomic E-state index is 0.833. The van der Waals surface area contributed by atoms with Gasteiger partial charge in [-0.15, -0.1) is 0 Å². The average molecular weight is 509 g/mol. The van der Waals surface area contributed by atoms with Crippen molar-refractivity contribution < 1.29 is 18.9 Å². The first-order valence-corrected chi connectivity index (χ1v) is 12.7. The molecule has 0 aliphatic carbocycles. The average Bonchev–Trinajstić information content (AvgIpc) is 2.92. The van der Waals surface area contributed by atoms with Gasteiger partial charge in [0, 0.05) is 0 Å². The van der Waals surface area contributed by atoms with E-state index in [-0.39, 0.29) is 0 Å². The Kier molecular flexibility index (Phi) is 8.11. The van der Waals surface area contributed by atoms with E-state index in [2.05, 4.69) is 76.2 Å². The molecule has 0 atom stereocenters. The molecule has 4 heteroatoms. The van der Waals surface area contributed by atoms with Crippen molar-refractivity contribution in [3.05, 3.63) is 117 Å². The van der Waals surface area contributed by atoms with Gasteiger partial charge in [-0.25, -0.2) is 0 Å². The molecule has 4 rings (SSSR count). The molecule has 0 aromatic heterocycles. The molecule has 196 valence electrons. The van der Waals surface area contributed by atoms with E-state index in [0.29, 0.717) is 0 Å². The Morgan fingerprint density at radius 1 is 0.368 bits per heavy atom. The van der Waals surface area contributed by atoms with Gasteiger partial charge in [0.25, 0.3) is 0 Å². The molecular weight excluding hydrogens is 472 g/mol. The van der Waals surface area contributed by atoms with Crippen molar-refractivity contribution in [3.63, 3.8) is 0 Å². The van der Waals surface area contributed by atoms with E-state index >= 15 is 0 Å². The fraction of sp³-hybridized carbons (Fsp3) is 0.235. The second-order valence-corrected chi connectivity index (χ2v) is 9.47. The van der Waals surface area contributed by atoms with Gasteiger partial charge in [0.2, 0.25) is 0 Å². The molecule has 0 aliphatic heterocycles. The van der Waals surface area contributed by atoms with Crippen molar-refractivity contribution >= 4 is 11.1 Å². The third kappa shape index (κ3) is 5.26. The van der Waals surface area contributed by atoms with Gasteiger partial charge in [0.15, 0.2) is 0 Å². The Morgan fingerprint density at radius 3 is 0.737 bits per heavy atom. The van der Waals surface area contributed by atoms with E-state index < -0.39 is 0 Å². The minimum Gasteiger partial charge on any atom is -0.497 e. The lowest BCUT2D eigenvalue weighted by Gasteiger charge is -2.24. The number of benzene rings is 4. The summed E-state index contributed by atoms with van der Waals surface area (Å²) in [6, 6.07) is 25.1. The Bertz CT molecular complexity index is 1270. The summed E-state index contributed by atoms with van der Waals surface area (Å²) in [4.78, 5) is 0. The first-order valence-electron chi connectivity index (χ1n) is 12.7. The Hall–Kier alpha value is -4.18. The number of rotatable bonds is 8. The zero-order chi connectivity index (χ0) is 27.4. The first kappa shape index (κ1) is 26.9. The quantitative estimate of drug-likeness (QED) is 0.226. The molecule has 0 amide bonds. The highest BCUT2D eigenvalue weighted by Gasteiger charge is 2.22. The molecule has 4 nitrogen and oxygen atoms in total. The number of hydrogen-bond acceptors (Lipinski definition) is 4. The molecule has 0 saturated carbocycles. The predicted octanol–water partition coefficient (Wildman–Crippen LogP) is 7.96. The molecule has 0 heterocycles. The highest BCUT2D eigenvalue weighted by Crippen LogP contribution is 2.43. The fourth-order valence-electron chi connectivity index (χ4n) is 5.00. The van der Waals surface area contributed by atoms with Gasteiger partial charge in [-0.3, -0.25) is 0 Å². The summed E-state index contributed by atoms with van der Waals surface area (Å²) in [5.74, 6) is 3.33. The third-order valence-electron chi connectivity index (χ3n) is 7.06. The highest BCUT2D eigenvalue weighted by molar-refractivity contribution is 6.06. The minimum atomic E-state index is 0.833. The van der Waals surface area contributed by atoms with E-state index in [1.165, 1.54) is 0 Å². The predicted molar refractivity (Wildman–Crippen MR) is 156 cm³/mol. The van der Waals surface area contributed by atoms with Crippen LogP contribution >= 0.6 is 0 Å². The number of methoxy groups -OCH3 is 4. The molecule has 0 saturated heterocycles. The van der Waals surface area contributed by atoms with Crippen molar-refractivity contribution in [1.29, 1.82) is 0 Å². The maximum Gasteiger partial charge on any atom is 0.119 e. The molecule has 38 heavy (non-hydrogen) atoms. The van der Waals surface area contributed by atoms with Crippen LogP contribution in [0.15, 0.2) is 72.8 Å². The summed E-state index contributed by atoms with van der Waals surface area (Å²) in [5, 5.41) is 0. The van der Waals surface area contributed by atoms with Crippen LogP contribution in [0.5, 0.6) is 23.0 Å². The van der Waals surface area contributed by atoms with E-state index in [1.807, 2.05) is 24.3 Å². The summed E-state index contributed by atoms with van der Waals surface area (Å²) < 4.78 is 22.2. The van der Waals surface area contributed by atoms with Crippen LogP contribution in [0.25, 0.3) is 11.1 Å². The first-order chi connectivity index (χ1) is 18.3. The van der Waals surface area contributed by atoms with Crippen LogP contribution in [0.4, 0.5) is 0 Å². The summed E-state index contributed by atoms with van der Waals surface area (Å²) in [5.41, 5.74) is 11.4. The van der Waals surface area contributed by atoms with Gasteiger partial charge in [-0.05, 0) is 132 Å². The van der Waals surface area contributed by atoms with Crippen LogP contribution < -0.4 is 18.9 Å². The van der Waals surface area contributed by atoms with Crippen molar-refractivity contribution in [2.45, 2.75) is 27.7 Å². The largest absolute Gasteiger partial charge is 0.497 e. The van der Waals surface area contributed by atoms with E-state index in [1.54, 1.807) is 28.4 Å². The number of aryl methyl sites for hydroxylation is 4. The standard InChI is InChI=1S/C34H36O4/c1-21-17-25(35-5)9-13-29(21)33(30-14-10-26(36-6)18-22(30)2)34(31-15-11-27(37-7)19-23(31)3)32-16-12-28(38-8)20-24(32)4/h9-20H,1-8H3. The second kappa shape index (κ2) is 11.5. The van der Waals surface area contributed by atoms with Crippen molar-refractivity contribution in [2.24, 2.45) is 0 Å². The lowest BCUT2D eigenvalue weighted by atomic mass is 9.80. The smallest absolute Gasteiger partial charge is 0.119 e. The molecule has 4 aromatic rings. The van der Waals surface area contributed by atoms with Gasteiger partial charge in [0.05, 0.1) is 28.4 Å². The monoisotopic (exact) mass is 508 g/mol. The Labute approximate surface area is 226 Å². The van der Waals surface area contributed by atoms with Crippen LogP contribution in [0.2, 0.25) is 0 Å². The van der Waals surface area contributed by atoms with Gasteiger partial charge >= 0.3 is 0 Å². The maximum absolute atomic E-state index is 5.55. The molecule has 0 aliphatic rings. The van der Waals surface area contributed by atoms with Gasteiger partial charge in [0.1, 0.15) is 23.0 Å². The van der Waals surface area contributed by atoms with E-state index in [4.69, 9.17) is 18.9 Å². The normalized spacial score (nSPS) is 10.6. The van der Waals surface area contributed by atoms with Crippen molar-refractivity contribution in [2.75, 3.05) is 28.4 Å².